The molecule has 1 aromatic rings. The number of likely N-dealkylation sites (tertiary alicyclic amines) is 1. The van der Waals surface area contributed by atoms with E-state index in [1.165, 1.54) is 0 Å². The van der Waals surface area contributed by atoms with Gasteiger partial charge in [0.25, 0.3) is 5.91 Å². The molecule has 0 radical (unpaired) electrons. The lowest BCUT2D eigenvalue weighted by atomic mass is 9.82. The van der Waals surface area contributed by atoms with Gasteiger partial charge in [0.15, 0.2) is 0 Å². The molecule has 6 nitrogen and oxygen atoms in total. The Morgan fingerprint density at radius 3 is 2.32 bits per heavy atom. The van der Waals surface area contributed by atoms with Crippen molar-refractivity contribution in [2.75, 3.05) is 18.4 Å². The van der Waals surface area contributed by atoms with Crippen LogP contribution in [0.4, 0.5) is 5.69 Å². The first kappa shape index (κ1) is 17.2. The Morgan fingerprint density at radius 1 is 1.00 bits per heavy atom. The molecule has 2 aliphatic rings. The number of hydrogen-bond donors (Lipinski definition) is 2. The van der Waals surface area contributed by atoms with Crippen molar-refractivity contribution in [3.8, 4) is 0 Å². The maximum Gasteiger partial charge on any atom is 0.307 e. The number of hydrogen-bond acceptors (Lipinski definition) is 3. The maximum absolute atomic E-state index is 12.7. The molecule has 132 valence electrons. The molecule has 0 aromatic heterocycles. The molecule has 0 spiro atoms. The van der Waals surface area contributed by atoms with Crippen molar-refractivity contribution in [3.63, 3.8) is 0 Å². The number of nitrogens with one attached hydrogen (secondary N) is 1. The number of carboxylic acid groups (broad SMARTS) is 1. The Labute approximate surface area is 146 Å². The molecule has 1 heterocycles. The van der Waals surface area contributed by atoms with Gasteiger partial charge in [-0.2, -0.15) is 0 Å². The van der Waals surface area contributed by atoms with Crippen LogP contribution in [-0.4, -0.2) is 40.9 Å². The van der Waals surface area contributed by atoms with Crippen LogP contribution in [0.1, 0.15) is 36.0 Å². The standard InChI is InChI=1S/C19H22N2O4/c22-17(13-7-1-2-8-14(13)19(24)25)20-16-10-4-3-9-15(16)18(23)21-11-5-6-12-21/h1-4,9-10,13-14H,5-8,11-12H2,(H,20,22)(H,24,25)/t13-,14-/m0/s1. The van der Waals surface area contributed by atoms with E-state index in [2.05, 4.69) is 5.32 Å². The van der Waals surface area contributed by atoms with Crippen LogP contribution < -0.4 is 5.32 Å². The number of allylic oxidation sites excluding steroid dienone is 2. The second-order valence-corrected chi connectivity index (χ2v) is 6.53. The molecule has 2 atom stereocenters. The fraction of sp³-hybridized carbons (Fsp3) is 0.421. The number of nitrogens with zero attached hydrogens (tertiary/aromatic N) is 1. The number of para-hydroxylation sites is 1. The third-order valence-electron chi connectivity index (χ3n) is 4.89. The van der Waals surface area contributed by atoms with Crippen LogP contribution in [0.25, 0.3) is 0 Å². The molecule has 6 heteroatoms. The largest absolute Gasteiger partial charge is 0.481 e. The molecule has 1 saturated heterocycles. The summed E-state index contributed by atoms with van der Waals surface area (Å²) >= 11 is 0. The van der Waals surface area contributed by atoms with Crippen molar-refractivity contribution in [1.82, 2.24) is 4.90 Å². The first-order valence-electron chi connectivity index (χ1n) is 8.65. The minimum atomic E-state index is -0.967. The van der Waals surface area contributed by atoms with Gasteiger partial charge in [0.1, 0.15) is 0 Å². The molecule has 1 aliphatic carbocycles. The molecular weight excluding hydrogens is 320 g/mol. The monoisotopic (exact) mass is 342 g/mol. The summed E-state index contributed by atoms with van der Waals surface area (Å²) < 4.78 is 0. The van der Waals surface area contributed by atoms with Gasteiger partial charge in [-0.3, -0.25) is 14.4 Å². The molecule has 1 aliphatic heterocycles. The Hall–Kier alpha value is -2.63. The lowest BCUT2D eigenvalue weighted by Crippen LogP contribution is -2.35. The lowest BCUT2D eigenvalue weighted by molar-refractivity contribution is -0.146. The summed E-state index contributed by atoms with van der Waals surface area (Å²) in [4.78, 5) is 38.5. The Balaban J connectivity index is 1.78. The zero-order valence-electron chi connectivity index (χ0n) is 14.0. The SMILES string of the molecule is O=C(O)[C@H]1CC=CC[C@@H]1C(=O)Nc1ccccc1C(=O)N1CCCC1. The highest BCUT2D eigenvalue weighted by Gasteiger charge is 2.34. The van der Waals surface area contributed by atoms with Gasteiger partial charge in [-0.25, -0.2) is 0 Å². The van der Waals surface area contributed by atoms with Crippen LogP contribution in [0.15, 0.2) is 36.4 Å². The Morgan fingerprint density at radius 2 is 1.64 bits per heavy atom. The van der Waals surface area contributed by atoms with Crippen molar-refractivity contribution < 1.29 is 19.5 Å². The number of carbonyl (C=O) groups excluding carboxylic acids is 2. The van der Waals surface area contributed by atoms with Crippen molar-refractivity contribution in [3.05, 3.63) is 42.0 Å². The summed E-state index contributed by atoms with van der Waals surface area (Å²) in [5.41, 5.74) is 0.902. The van der Waals surface area contributed by atoms with E-state index in [4.69, 9.17) is 0 Å². The van der Waals surface area contributed by atoms with Crippen molar-refractivity contribution >= 4 is 23.5 Å². The molecule has 2 N–H and O–H groups in total. The minimum absolute atomic E-state index is 0.0910. The number of benzene rings is 1. The minimum Gasteiger partial charge on any atom is -0.481 e. The first-order valence-corrected chi connectivity index (χ1v) is 8.65. The lowest BCUT2D eigenvalue weighted by Gasteiger charge is -2.25. The van der Waals surface area contributed by atoms with E-state index in [1.807, 2.05) is 6.08 Å². The second kappa shape index (κ2) is 7.51. The molecule has 0 unspecified atom stereocenters. The fourth-order valence-corrected chi connectivity index (χ4v) is 3.47. The molecule has 25 heavy (non-hydrogen) atoms. The molecular formula is C19H22N2O4. The summed E-state index contributed by atoms with van der Waals surface area (Å²) in [5, 5.41) is 12.1. The summed E-state index contributed by atoms with van der Waals surface area (Å²) in [6.45, 7) is 1.46. The van der Waals surface area contributed by atoms with Gasteiger partial charge < -0.3 is 15.3 Å². The van der Waals surface area contributed by atoms with Gasteiger partial charge in [-0.1, -0.05) is 24.3 Å². The van der Waals surface area contributed by atoms with Crippen LogP contribution in [0.2, 0.25) is 0 Å². The summed E-state index contributed by atoms with van der Waals surface area (Å²) in [5.74, 6) is -2.76. The highest BCUT2D eigenvalue weighted by atomic mass is 16.4. The van der Waals surface area contributed by atoms with Crippen LogP contribution in [0.3, 0.4) is 0 Å². The third kappa shape index (κ3) is 3.73. The third-order valence-corrected chi connectivity index (χ3v) is 4.89. The summed E-state index contributed by atoms with van der Waals surface area (Å²) in [6.07, 6.45) is 6.37. The molecule has 2 amide bonds. The smallest absolute Gasteiger partial charge is 0.307 e. The molecule has 0 saturated carbocycles. The normalized spacial score (nSPS) is 22.6. The average molecular weight is 342 g/mol. The summed E-state index contributed by atoms with van der Waals surface area (Å²) in [6, 6.07) is 6.91. The zero-order chi connectivity index (χ0) is 17.8. The zero-order valence-corrected chi connectivity index (χ0v) is 14.0. The van der Waals surface area contributed by atoms with Crippen LogP contribution >= 0.6 is 0 Å². The van der Waals surface area contributed by atoms with Gasteiger partial charge in [0.2, 0.25) is 5.91 Å². The van der Waals surface area contributed by atoms with E-state index in [-0.39, 0.29) is 11.8 Å². The van der Waals surface area contributed by atoms with Crippen molar-refractivity contribution in [1.29, 1.82) is 0 Å². The van der Waals surface area contributed by atoms with E-state index in [0.717, 1.165) is 25.9 Å². The number of rotatable bonds is 4. The number of aliphatic carboxylic acids is 1. The first-order chi connectivity index (χ1) is 12.1. The van der Waals surface area contributed by atoms with Crippen LogP contribution in [0.5, 0.6) is 0 Å². The molecule has 1 fully saturated rings. The summed E-state index contributed by atoms with van der Waals surface area (Å²) in [7, 11) is 0. The molecule has 3 rings (SSSR count). The van der Waals surface area contributed by atoms with Gasteiger partial charge in [-0.05, 0) is 37.8 Å². The second-order valence-electron chi connectivity index (χ2n) is 6.53. The maximum atomic E-state index is 12.7. The van der Waals surface area contributed by atoms with E-state index >= 15 is 0 Å². The van der Waals surface area contributed by atoms with E-state index in [1.54, 1.807) is 35.2 Å². The highest BCUT2D eigenvalue weighted by molar-refractivity contribution is 6.04. The number of carbonyl (C=O) groups is 3. The van der Waals surface area contributed by atoms with E-state index in [0.29, 0.717) is 24.1 Å². The predicted octanol–water partition coefficient (Wildman–Crippen LogP) is 2.53. The fourth-order valence-electron chi connectivity index (χ4n) is 3.47. The molecule has 0 bridgehead atoms. The number of anilines is 1. The van der Waals surface area contributed by atoms with Crippen molar-refractivity contribution in [2.45, 2.75) is 25.7 Å². The van der Waals surface area contributed by atoms with E-state index in [9.17, 15) is 19.5 Å². The Bertz CT molecular complexity index is 707. The molecule has 1 aromatic carbocycles. The predicted molar refractivity (Wildman–Crippen MR) is 93.2 cm³/mol. The quantitative estimate of drug-likeness (QED) is 0.823. The van der Waals surface area contributed by atoms with Crippen molar-refractivity contribution in [2.24, 2.45) is 11.8 Å². The number of carboxylic acids is 1. The van der Waals surface area contributed by atoms with E-state index < -0.39 is 17.8 Å². The van der Waals surface area contributed by atoms with Gasteiger partial charge in [0, 0.05) is 13.1 Å². The Kier molecular flexibility index (Phi) is 5.16. The van der Waals surface area contributed by atoms with Crippen LogP contribution in [-0.2, 0) is 9.59 Å². The van der Waals surface area contributed by atoms with Gasteiger partial charge in [0.05, 0.1) is 23.1 Å². The number of amides is 2. The topological polar surface area (TPSA) is 86.7 Å². The van der Waals surface area contributed by atoms with Crippen LogP contribution in [0, 0.1) is 11.8 Å². The highest BCUT2D eigenvalue weighted by Crippen LogP contribution is 2.28. The average Bonchev–Trinajstić information content (AvgIpc) is 3.16. The van der Waals surface area contributed by atoms with Gasteiger partial charge in [-0.15, -0.1) is 0 Å². The van der Waals surface area contributed by atoms with Gasteiger partial charge >= 0.3 is 5.97 Å².